The average molecular weight is 381 g/mol. The molecule has 0 aromatic rings. The number of unbranched alkanes of at least 4 members (excludes halogenated alkanes) is 2. The molecule has 0 aromatic heterocycles. The van der Waals surface area contributed by atoms with Crippen molar-refractivity contribution in [1.29, 1.82) is 0 Å². The van der Waals surface area contributed by atoms with Gasteiger partial charge in [0.2, 0.25) is 0 Å². The summed E-state index contributed by atoms with van der Waals surface area (Å²) in [6.45, 7) is 11.4. The van der Waals surface area contributed by atoms with E-state index in [0.717, 1.165) is 38.5 Å². The smallest absolute Gasteiger partial charge is 0.310 e. The van der Waals surface area contributed by atoms with Gasteiger partial charge in [-0.3, -0.25) is 9.59 Å². The molecule has 0 N–H and O–H groups in total. The number of esters is 2. The number of ether oxygens (including phenoxy) is 2. The largest absolute Gasteiger partial charge is 0.465 e. The predicted molar refractivity (Wildman–Crippen MR) is 109 cm³/mol. The van der Waals surface area contributed by atoms with Crippen molar-refractivity contribution in [3.8, 4) is 0 Å². The van der Waals surface area contributed by atoms with Crippen LogP contribution < -0.4 is 0 Å². The third kappa shape index (κ3) is 8.49. The molecule has 0 saturated heterocycles. The van der Waals surface area contributed by atoms with E-state index in [4.69, 9.17) is 9.47 Å². The number of hydrogen-bond donors (Lipinski definition) is 0. The van der Waals surface area contributed by atoms with Crippen LogP contribution in [0.1, 0.15) is 79.6 Å². The van der Waals surface area contributed by atoms with E-state index in [1.165, 1.54) is 0 Å². The molecular formula is C23H40O4. The quantitative estimate of drug-likeness (QED) is 0.329. The average Bonchev–Trinajstić information content (AvgIpc) is 2.66. The second-order valence-corrected chi connectivity index (χ2v) is 8.41. The molecule has 0 bridgehead atoms. The van der Waals surface area contributed by atoms with E-state index < -0.39 is 11.8 Å². The van der Waals surface area contributed by atoms with Crippen molar-refractivity contribution in [1.82, 2.24) is 0 Å². The molecule has 156 valence electrons. The Labute approximate surface area is 166 Å². The summed E-state index contributed by atoms with van der Waals surface area (Å²) in [4.78, 5) is 25.4. The fourth-order valence-electron chi connectivity index (χ4n) is 3.62. The van der Waals surface area contributed by atoms with E-state index in [1.54, 1.807) is 0 Å². The SMILES string of the molecule is CCCCC(C)COC(=O)C1CC=CC(C)C1C(=O)OCC(C)CCCC. The Kier molecular flexibility index (Phi) is 11.4. The Morgan fingerprint density at radius 3 is 2.00 bits per heavy atom. The van der Waals surface area contributed by atoms with E-state index in [0.29, 0.717) is 31.5 Å². The van der Waals surface area contributed by atoms with Gasteiger partial charge < -0.3 is 9.47 Å². The van der Waals surface area contributed by atoms with Gasteiger partial charge in [0.15, 0.2) is 0 Å². The van der Waals surface area contributed by atoms with Crippen LogP contribution in [0, 0.1) is 29.6 Å². The van der Waals surface area contributed by atoms with Gasteiger partial charge in [-0.1, -0.05) is 72.5 Å². The maximum atomic E-state index is 12.7. The highest BCUT2D eigenvalue weighted by molar-refractivity contribution is 5.83. The Hall–Kier alpha value is -1.32. The summed E-state index contributed by atoms with van der Waals surface area (Å²) >= 11 is 0. The van der Waals surface area contributed by atoms with Crippen molar-refractivity contribution < 1.29 is 19.1 Å². The minimum absolute atomic E-state index is 0.00716. The maximum Gasteiger partial charge on any atom is 0.310 e. The van der Waals surface area contributed by atoms with Gasteiger partial charge in [0, 0.05) is 0 Å². The zero-order valence-electron chi connectivity index (χ0n) is 18.0. The molecule has 5 unspecified atom stereocenters. The van der Waals surface area contributed by atoms with Gasteiger partial charge in [-0.2, -0.15) is 0 Å². The Bertz CT molecular complexity index is 471. The molecule has 0 fully saturated rings. The fraction of sp³-hybridized carbons (Fsp3) is 0.826. The molecule has 0 aliphatic heterocycles. The van der Waals surface area contributed by atoms with Crippen LogP contribution in [0.5, 0.6) is 0 Å². The van der Waals surface area contributed by atoms with Crippen LogP contribution in [0.2, 0.25) is 0 Å². The van der Waals surface area contributed by atoms with Crippen molar-refractivity contribution in [2.75, 3.05) is 13.2 Å². The Balaban J connectivity index is 2.59. The Morgan fingerprint density at radius 2 is 1.48 bits per heavy atom. The van der Waals surface area contributed by atoms with Crippen LogP contribution >= 0.6 is 0 Å². The number of carbonyl (C=O) groups is 2. The standard InChI is InChI=1S/C23H40O4/c1-6-8-11-17(3)15-26-22(24)20-14-10-13-19(5)21(20)23(25)27-16-18(4)12-9-7-2/h10,13,17-21H,6-9,11-12,14-16H2,1-5H3. The minimum Gasteiger partial charge on any atom is -0.465 e. The van der Waals surface area contributed by atoms with Crippen molar-refractivity contribution in [2.45, 2.75) is 79.6 Å². The summed E-state index contributed by atoms with van der Waals surface area (Å²) in [6, 6.07) is 0. The second kappa shape index (κ2) is 13.0. The summed E-state index contributed by atoms with van der Waals surface area (Å²) in [7, 11) is 0. The van der Waals surface area contributed by atoms with Gasteiger partial charge in [0.1, 0.15) is 0 Å². The van der Waals surface area contributed by atoms with Crippen molar-refractivity contribution in [3.63, 3.8) is 0 Å². The maximum absolute atomic E-state index is 12.7. The normalized spacial score (nSPS) is 24.3. The van der Waals surface area contributed by atoms with Crippen molar-refractivity contribution in [3.05, 3.63) is 12.2 Å². The molecular weight excluding hydrogens is 340 g/mol. The van der Waals surface area contributed by atoms with Crippen LogP contribution in [0.25, 0.3) is 0 Å². The lowest BCUT2D eigenvalue weighted by molar-refractivity contribution is -0.164. The molecule has 4 nitrogen and oxygen atoms in total. The topological polar surface area (TPSA) is 52.6 Å². The number of carbonyl (C=O) groups excluding carboxylic acids is 2. The molecule has 0 saturated carbocycles. The number of hydrogen-bond acceptors (Lipinski definition) is 4. The third-order valence-electron chi connectivity index (χ3n) is 5.53. The highest BCUT2D eigenvalue weighted by Gasteiger charge is 2.40. The molecule has 1 aliphatic rings. The summed E-state index contributed by atoms with van der Waals surface area (Å²) in [6.07, 6.45) is 11.3. The summed E-state index contributed by atoms with van der Waals surface area (Å²) in [5.74, 6) is -0.670. The predicted octanol–water partition coefficient (Wildman–Crippen LogP) is 5.55. The minimum atomic E-state index is -0.438. The molecule has 0 heterocycles. The first-order valence-electron chi connectivity index (χ1n) is 10.9. The molecule has 0 radical (unpaired) electrons. The molecule has 0 aromatic carbocycles. The lowest BCUT2D eigenvalue weighted by Crippen LogP contribution is -2.38. The van der Waals surface area contributed by atoms with Crippen LogP contribution in [-0.2, 0) is 19.1 Å². The van der Waals surface area contributed by atoms with Gasteiger partial charge in [-0.05, 0) is 37.0 Å². The lowest BCUT2D eigenvalue weighted by Gasteiger charge is -2.30. The molecule has 5 atom stereocenters. The van der Waals surface area contributed by atoms with Crippen molar-refractivity contribution in [2.24, 2.45) is 29.6 Å². The van der Waals surface area contributed by atoms with Gasteiger partial charge in [0.05, 0.1) is 25.0 Å². The van der Waals surface area contributed by atoms with E-state index >= 15 is 0 Å². The molecule has 0 spiro atoms. The van der Waals surface area contributed by atoms with Crippen LogP contribution in [-0.4, -0.2) is 25.2 Å². The van der Waals surface area contributed by atoms with Gasteiger partial charge >= 0.3 is 11.9 Å². The van der Waals surface area contributed by atoms with E-state index in [-0.39, 0.29) is 17.9 Å². The van der Waals surface area contributed by atoms with E-state index in [9.17, 15) is 9.59 Å². The molecule has 1 rings (SSSR count). The molecule has 4 heteroatoms. The zero-order chi connectivity index (χ0) is 20.2. The summed E-state index contributed by atoms with van der Waals surface area (Å²) < 4.78 is 11.2. The first-order chi connectivity index (χ1) is 12.9. The van der Waals surface area contributed by atoms with Gasteiger partial charge in [-0.25, -0.2) is 0 Å². The van der Waals surface area contributed by atoms with E-state index in [1.807, 2.05) is 19.1 Å². The molecule has 0 amide bonds. The fourth-order valence-corrected chi connectivity index (χ4v) is 3.62. The van der Waals surface area contributed by atoms with Crippen LogP contribution in [0.15, 0.2) is 12.2 Å². The van der Waals surface area contributed by atoms with Gasteiger partial charge in [0.25, 0.3) is 0 Å². The summed E-state index contributed by atoms with van der Waals surface area (Å²) in [5.41, 5.74) is 0. The van der Waals surface area contributed by atoms with Crippen molar-refractivity contribution >= 4 is 11.9 Å². The Morgan fingerprint density at radius 1 is 0.963 bits per heavy atom. The molecule has 1 aliphatic carbocycles. The number of rotatable bonds is 12. The van der Waals surface area contributed by atoms with Crippen LogP contribution in [0.4, 0.5) is 0 Å². The van der Waals surface area contributed by atoms with Gasteiger partial charge in [-0.15, -0.1) is 0 Å². The van der Waals surface area contributed by atoms with Crippen LogP contribution in [0.3, 0.4) is 0 Å². The lowest BCUT2D eigenvalue weighted by atomic mass is 9.76. The number of allylic oxidation sites excluding steroid dienone is 2. The summed E-state index contributed by atoms with van der Waals surface area (Å²) in [5, 5.41) is 0. The highest BCUT2D eigenvalue weighted by Crippen LogP contribution is 2.32. The zero-order valence-corrected chi connectivity index (χ0v) is 18.0. The highest BCUT2D eigenvalue weighted by atomic mass is 16.5. The third-order valence-corrected chi connectivity index (χ3v) is 5.53. The first-order valence-corrected chi connectivity index (χ1v) is 10.9. The first kappa shape index (κ1) is 23.7. The monoisotopic (exact) mass is 380 g/mol. The molecule has 27 heavy (non-hydrogen) atoms. The second-order valence-electron chi connectivity index (χ2n) is 8.41. The van der Waals surface area contributed by atoms with E-state index in [2.05, 4.69) is 27.7 Å².